The number of aliphatic hydroxyl groups excluding tert-OH is 1. The van der Waals surface area contributed by atoms with E-state index in [0.29, 0.717) is 19.8 Å². The van der Waals surface area contributed by atoms with Crippen LogP contribution in [-0.4, -0.2) is 62.4 Å². The Hall–Kier alpha value is -0.240. The lowest BCUT2D eigenvalue weighted by Crippen LogP contribution is -2.64. The van der Waals surface area contributed by atoms with Crippen molar-refractivity contribution >= 4 is 0 Å². The maximum Gasteiger partial charge on any atom is 0.221 e. The molecule has 3 saturated heterocycles. The molecule has 1 N–H and O–H groups in total. The number of rotatable bonds is 0. The summed E-state index contributed by atoms with van der Waals surface area (Å²) in [4.78, 5) is 0. The van der Waals surface area contributed by atoms with Crippen molar-refractivity contribution in [3.05, 3.63) is 0 Å². The molecule has 4 atom stereocenters. The number of fused-ring (bicyclic) bond motifs is 1. The monoisotopic (exact) mass is 218 g/mol. The van der Waals surface area contributed by atoms with Crippen LogP contribution >= 0.6 is 0 Å². The van der Waals surface area contributed by atoms with Crippen molar-refractivity contribution in [3.8, 4) is 0 Å². The Morgan fingerprint density at radius 1 is 1.13 bits per heavy atom. The van der Waals surface area contributed by atoms with Gasteiger partial charge in [0, 0.05) is 0 Å². The molecule has 3 fully saturated rings. The first-order valence-corrected chi connectivity index (χ1v) is 5.09. The molecule has 0 saturated carbocycles. The van der Waals surface area contributed by atoms with E-state index in [0.717, 1.165) is 0 Å². The van der Waals surface area contributed by atoms with Gasteiger partial charge >= 0.3 is 0 Å². The fourth-order valence-corrected chi connectivity index (χ4v) is 2.19. The minimum atomic E-state index is -1.06. The molecule has 0 aliphatic carbocycles. The predicted octanol–water partition coefficient (Wildman–Crippen LogP) is -1.14. The Kier molecular flexibility index (Phi) is 2.42. The van der Waals surface area contributed by atoms with Gasteiger partial charge in [0.25, 0.3) is 0 Å². The average molecular weight is 218 g/mol. The topological polar surface area (TPSA) is 66.4 Å². The minimum absolute atomic E-state index is 0.198. The molecule has 0 amide bonds. The molecule has 3 aliphatic heterocycles. The number of hydrogen-bond acceptors (Lipinski definition) is 6. The highest BCUT2D eigenvalue weighted by Gasteiger charge is 2.55. The normalized spacial score (nSPS) is 50.6. The Balaban J connectivity index is 1.79. The van der Waals surface area contributed by atoms with E-state index in [-0.39, 0.29) is 25.6 Å². The second kappa shape index (κ2) is 3.65. The van der Waals surface area contributed by atoms with Crippen LogP contribution in [0.25, 0.3) is 0 Å². The molecule has 0 aromatic rings. The lowest BCUT2D eigenvalue weighted by molar-refractivity contribution is -0.361. The summed E-state index contributed by atoms with van der Waals surface area (Å²) >= 11 is 0. The van der Waals surface area contributed by atoms with Gasteiger partial charge in [-0.15, -0.1) is 0 Å². The molecule has 6 nitrogen and oxygen atoms in total. The third kappa shape index (κ3) is 1.49. The van der Waals surface area contributed by atoms with Crippen molar-refractivity contribution in [1.29, 1.82) is 0 Å². The van der Waals surface area contributed by atoms with Crippen LogP contribution in [0.4, 0.5) is 0 Å². The van der Waals surface area contributed by atoms with Crippen LogP contribution < -0.4 is 0 Å². The second-order valence-corrected chi connectivity index (χ2v) is 3.92. The number of aliphatic hydroxyl groups is 1. The van der Waals surface area contributed by atoms with E-state index in [4.69, 9.17) is 23.7 Å². The first-order valence-electron chi connectivity index (χ1n) is 5.09. The average Bonchev–Trinajstić information content (AvgIpc) is 2.74. The van der Waals surface area contributed by atoms with Crippen LogP contribution in [0.3, 0.4) is 0 Å². The van der Waals surface area contributed by atoms with Crippen LogP contribution in [-0.2, 0) is 23.7 Å². The number of ether oxygens (including phenoxy) is 5. The van der Waals surface area contributed by atoms with Crippen LogP contribution in [0, 0.1) is 0 Å². The van der Waals surface area contributed by atoms with Crippen molar-refractivity contribution in [2.75, 3.05) is 33.2 Å². The summed E-state index contributed by atoms with van der Waals surface area (Å²) in [5.74, 6) is -1.06. The third-order valence-electron chi connectivity index (χ3n) is 3.04. The molecule has 1 spiro atoms. The summed E-state index contributed by atoms with van der Waals surface area (Å²) in [6.45, 7) is 1.76. The van der Waals surface area contributed by atoms with Gasteiger partial charge in [0.15, 0.2) is 0 Å². The molecule has 0 aromatic heterocycles. The quantitative estimate of drug-likeness (QED) is 0.554. The highest BCUT2D eigenvalue weighted by molar-refractivity contribution is 4.96. The third-order valence-corrected chi connectivity index (χ3v) is 3.04. The molecule has 0 radical (unpaired) electrons. The second-order valence-electron chi connectivity index (χ2n) is 3.92. The highest BCUT2D eigenvalue weighted by atomic mass is 16.8. The summed E-state index contributed by atoms with van der Waals surface area (Å²) < 4.78 is 26.9. The van der Waals surface area contributed by atoms with Gasteiger partial charge in [0.1, 0.15) is 31.7 Å². The molecule has 0 aromatic carbocycles. The highest BCUT2D eigenvalue weighted by Crippen LogP contribution is 2.34. The maximum atomic E-state index is 10.1. The largest absolute Gasteiger partial charge is 0.385 e. The molecular formula is C9H14O6. The summed E-state index contributed by atoms with van der Waals surface area (Å²) in [6.07, 6.45) is -1.43. The smallest absolute Gasteiger partial charge is 0.221 e. The summed E-state index contributed by atoms with van der Waals surface area (Å²) in [7, 11) is 0. The van der Waals surface area contributed by atoms with Crippen LogP contribution in [0.2, 0.25) is 0 Å². The zero-order valence-corrected chi connectivity index (χ0v) is 8.26. The predicted molar refractivity (Wildman–Crippen MR) is 46.1 cm³/mol. The Morgan fingerprint density at radius 2 is 2.07 bits per heavy atom. The Labute approximate surface area is 87.0 Å². The summed E-state index contributed by atoms with van der Waals surface area (Å²) in [6, 6.07) is 0. The molecule has 15 heavy (non-hydrogen) atoms. The molecule has 6 heteroatoms. The minimum Gasteiger partial charge on any atom is -0.385 e. The van der Waals surface area contributed by atoms with Crippen LogP contribution in [0.15, 0.2) is 0 Å². The summed E-state index contributed by atoms with van der Waals surface area (Å²) in [5, 5.41) is 10.1. The van der Waals surface area contributed by atoms with E-state index in [1.54, 1.807) is 0 Å². The zero-order chi connectivity index (χ0) is 10.3. The molecule has 86 valence electrons. The fraction of sp³-hybridized carbons (Fsp3) is 1.00. The van der Waals surface area contributed by atoms with Gasteiger partial charge in [-0.05, 0) is 0 Å². The van der Waals surface area contributed by atoms with Gasteiger partial charge in [-0.2, -0.15) is 0 Å². The van der Waals surface area contributed by atoms with Gasteiger partial charge in [0.2, 0.25) is 5.79 Å². The van der Waals surface area contributed by atoms with E-state index in [2.05, 4.69) is 0 Å². The van der Waals surface area contributed by atoms with Crippen molar-refractivity contribution in [2.45, 2.75) is 24.1 Å². The SMILES string of the molecule is O[C@H]1[C@@H]2OCO[C@@H]2CO[C@]12COCCO2. The molecule has 3 heterocycles. The zero-order valence-electron chi connectivity index (χ0n) is 8.26. The van der Waals surface area contributed by atoms with Crippen molar-refractivity contribution in [3.63, 3.8) is 0 Å². The van der Waals surface area contributed by atoms with Crippen molar-refractivity contribution in [2.24, 2.45) is 0 Å². The van der Waals surface area contributed by atoms with Crippen LogP contribution in [0.1, 0.15) is 0 Å². The molecule has 0 unspecified atom stereocenters. The maximum absolute atomic E-state index is 10.1. The first kappa shape index (κ1) is 9.95. The lowest BCUT2D eigenvalue weighted by atomic mass is 9.97. The van der Waals surface area contributed by atoms with E-state index < -0.39 is 11.9 Å². The van der Waals surface area contributed by atoms with E-state index >= 15 is 0 Å². The van der Waals surface area contributed by atoms with E-state index in [1.165, 1.54) is 0 Å². The number of hydrogen-bond donors (Lipinski definition) is 1. The van der Waals surface area contributed by atoms with Crippen LogP contribution in [0.5, 0.6) is 0 Å². The van der Waals surface area contributed by atoms with E-state index in [9.17, 15) is 5.11 Å². The van der Waals surface area contributed by atoms with Gasteiger partial charge in [-0.3, -0.25) is 0 Å². The standard InChI is InChI=1S/C9H14O6/c10-8-7-6(12-5-13-7)3-15-9(8)4-11-1-2-14-9/h6-8,10H,1-5H2/t6-,7-,8+,9-/m1/s1. The summed E-state index contributed by atoms with van der Waals surface area (Å²) in [5.41, 5.74) is 0. The molecule has 0 bridgehead atoms. The van der Waals surface area contributed by atoms with Gasteiger partial charge in [-0.1, -0.05) is 0 Å². The fourth-order valence-electron chi connectivity index (χ4n) is 2.19. The van der Waals surface area contributed by atoms with Gasteiger partial charge < -0.3 is 28.8 Å². The molecule has 3 rings (SSSR count). The molecule has 3 aliphatic rings. The van der Waals surface area contributed by atoms with Crippen molar-refractivity contribution in [1.82, 2.24) is 0 Å². The lowest BCUT2D eigenvalue weighted by Gasteiger charge is -2.45. The molecular weight excluding hydrogens is 204 g/mol. The van der Waals surface area contributed by atoms with Gasteiger partial charge in [0.05, 0.1) is 19.8 Å². The van der Waals surface area contributed by atoms with Crippen molar-refractivity contribution < 1.29 is 28.8 Å². The Bertz CT molecular complexity index is 239. The van der Waals surface area contributed by atoms with Gasteiger partial charge in [-0.25, -0.2) is 0 Å². The van der Waals surface area contributed by atoms with E-state index in [1.807, 2.05) is 0 Å². The Morgan fingerprint density at radius 3 is 2.87 bits per heavy atom. The first-order chi connectivity index (χ1) is 7.32.